The third-order valence-electron chi connectivity index (χ3n) is 13.7. The van der Waals surface area contributed by atoms with Crippen molar-refractivity contribution in [2.75, 3.05) is 16.8 Å². The minimum absolute atomic E-state index is 0.0237. The normalized spacial score (nSPS) is 15.9. The summed E-state index contributed by atoms with van der Waals surface area (Å²) in [6.45, 7) is 0.708. The minimum atomic E-state index is -0.0237. The van der Waals surface area contributed by atoms with Gasteiger partial charge in [0.2, 0.25) is 0 Å². The van der Waals surface area contributed by atoms with Crippen LogP contribution in [0.4, 0.5) is 22.7 Å². The summed E-state index contributed by atoms with van der Waals surface area (Å²) in [4.78, 5) is 8.03. The van der Waals surface area contributed by atoms with Gasteiger partial charge in [-0.15, -0.1) is 0 Å². The van der Waals surface area contributed by atoms with Crippen molar-refractivity contribution in [1.82, 2.24) is 9.55 Å². The van der Waals surface area contributed by atoms with Gasteiger partial charge in [-0.2, -0.15) is 5.26 Å². The fraction of sp³-hybridized carbons (Fsp3) is 0.0980. The van der Waals surface area contributed by atoms with E-state index >= 15 is 0 Å². The Bertz CT molecular complexity index is 3440. The predicted molar refractivity (Wildman–Crippen MR) is 234 cm³/mol. The van der Waals surface area contributed by atoms with Gasteiger partial charge in [-0.05, 0) is 129 Å². The Kier molecular flexibility index (Phi) is 5.61. The molecule has 0 bridgehead atoms. The zero-order valence-corrected chi connectivity index (χ0v) is 31.0. The molecule has 57 heavy (non-hydrogen) atoms. The lowest BCUT2D eigenvalue weighted by Crippen LogP contribution is -2.59. The van der Waals surface area contributed by atoms with E-state index < -0.39 is 0 Å². The molecular weight excluding hydrogens is 693 g/mol. The van der Waals surface area contributed by atoms with Crippen LogP contribution >= 0.6 is 0 Å². The van der Waals surface area contributed by atoms with Crippen molar-refractivity contribution in [2.45, 2.75) is 25.7 Å². The van der Waals surface area contributed by atoms with Crippen molar-refractivity contribution in [3.63, 3.8) is 0 Å². The number of aromatic nitrogens is 2. The maximum atomic E-state index is 10.1. The molecule has 2 aromatic heterocycles. The summed E-state index contributed by atoms with van der Waals surface area (Å²) in [6, 6.07) is 42.7. The van der Waals surface area contributed by atoms with E-state index in [1.54, 1.807) is 0 Å². The molecule has 0 saturated carbocycles. The molecule has 0 atom stereocenters. The van der Waals surface area contributed by atoms with Crippen molar-refractivity contribution in [1.29, 1.82) is 5.26 Å². The lowest BCUT2D eigenvalue weighted by atomic mass is 9.33. The molecule has 0 saturated heterocycles. The van der Waals surface area contributed by atoms with Gasteiger partial charge in [0.1, 0.15) is 0 Å². The molecule has 6 heterocycles. The molecule has 6 aromatic carbocycles. The maximum Gasteiger partial charge on any atom is 0.251 e. The number of hydrogen-bond donors (Lipinski definition) is 1. The number of pyridine rings is 1. The Morgan fingerprint density at radius 2 is 1.51 bits per heavy atom. The Hall–Kier alpha value is -7.10. The third-order valence-corrected chi connectivity index (χ3v) is 13.7. The van der Waals surface area contributed by atoms with Crippen molar-refractivity contribution >= 4 is 89.5 Å². The molecular formula is C51H32BN5. The van der Waals surface area contributed by atoms with Gasteiger partial charge in [0.25, 0.3) is 6.71 Å². The van der Waals surface area contributed by atoms with Gasteiger partial charge in [0.15, 0.2) is 0 Å². The molecule has 1 N–H and O–H groups in total. The molecule has 0 radical (unpaired) electrons. The zero-order valence-electron chi connectivity index (χ0n) is 31.0. The summed E-state index contributed by atoms with van der Waals surface area (Å²) in [6.07, 6.45) is 11.2. The lowest BCUT2D eigenvalue weighted by Gasteiger charge is -2.43. The number of benzene rings is 6. The quantitative estimate of drug-likeness (QED) is 0.172. The smallest absolute Gasteiger partial charge is 0.251 e. The topological polar surface area (TPSA) is 56.9 Å². The van der Waals surface area contributed by atoms with Crippen LogP contribution in [0.15, 0.2) is 128 Å². The number of hydrogen-bond acceptors (Lipinski definition) is 4. The molecule has 6 heteroatoms. The third kappa shape index (κ3) is 3.68. The Morgan fingerprint density at radius 3 is 2.42 bits per heavy atom. The largest absolute Gasteiger partial charge is 0.381 e. The van der Waals surface area contributed by atoms with Gasteiger partial charge < -0.3 is 14.8 Å². The van der Waals surface area contributed by atoms with Gasteiger partial charge in [-0.3, -0.25) is 4.98 Å². The van der Waals surface area contributed by atoms with Gasteiger partial charge >= 0.3 is 0 Å². The Labute approximate surface area is 329 Å². The number of aryl methyl sites for hydroxylation is 2. The standard InChI is InChI=1S/C51H32BN5/c53-25-28-8-1-13-31(22-28)32-23-43-49-44(24-32)57-42-21-5-12-30-10-3-15-34(46(30)42)36-17-7-19-40-48(36)51(57)38(27-55-40)52(49)37-26-54-39-18-6-16-35-33-14-2-9-29-11-4-20-41(45(29)33)56(43)50(37)47(35)39/h1-2,4-6,8-9,11-18,20-24,27,54H,3,7,10,19,26H2. The van der Waals surface area contributed by atoms with Gasteiger partial charge in [-0.1, -0.05) is 78.9 Å². The summed E-state index contributed by atoms with van der Waals surface area (Å²) in [5.41, 5.74) is 22.0. The van der Waals surface area contributed by atoms with Crippen LogP contribution in [0.3, 0.4) is 0 Å². The average molecular weight is 726 g/mol. The number of nitrogens with one attached hydrogen (secondary N) is 1. The fourth-order valence-electron chi connectivity index (χ4n) is 11.5. The summed E-state index contributed by atoms with van der Waals surface area (Å²) >= 11 is 0. The molecule has 2 aliphatic carbocycles. The van der Waals surface area contributed by atoms with E-state index in [0.29, 0.717) is 5.56 Å². The predicted octanol–water partition coefficient (Wildman–Crippen LogP) is 9.35. The number of nitrogens with zero attached hydrogens (tertiary/aromatic N) is 4. The summed E-state index contributed by atoms with van der Waals surface area (Å²) in [5.74, 6) is 0. The first-order valence-electron chi connectivity index (χ1n) is 20.2. The molecule has 14 rings (SSSR count). The van der Waals surface area contributed by atoms with E-state index in [4.69, 9.17) is 4.98 Å². The number of nitriles is 1. The van der Waals surface area contributed by atoms with Gasteiger partial charge in [-0.25, -0.2) is 0 Å². The molecule has 0 spiro atoms. The fourth-order valence-corrected chi connectivity index (χ4v) is 11.5. The van der Waals surface area contributed by atoms with Crippen molar-refractivity contribution in [2.24, 2.45) is 0 Å². The van der Waals surface area contributed by atoms with E-state index in [2.05, 4.69) is 130 Å². The highest BCUT2D eigenvalue weighted by Crippen LogP contribution is 2.55. The number of allylic oxidation sites excluding steroid dienone is 4. The summed E-state index contributed by atoms with van der Waals surface area (Å²) in [7, 11) is 0. The van der Waals surface area contributed by atoms with E-state index in [0.717, 1.165) is 43.4 Å². The lowest BCUT2D eigenvalue weighted by molar-refractivity contribution is 0.922. The van der Waals surface area contributed by atoms with E-state index in [1.165, 1.54) is 116 Å². The van der Waals surface area contributed by atoms with Crippen LogP contribution in [0, 0.1) is 11.3 Å². The summed E-state index contributed by atoms with van der Waals surface area (Å²) in [5, 5.41) is 21.6. The molecule has 0 fully saturated rings. The van der Waals surface area contributed by atoms with E-state index in [1.807, 2.05) is 18.2 Å². The van der Waals surface area contributed by atoms with Gasteiger partial charge in [0, 0.05) is 57.1 Å². The Morgan fingerprint density at radius 1 is 0.719 bits per heavy atom. The Balaban J connectivity index is 1.25. The van der Waals surface area contributed by atoms with Crippen LogP contribution < -0.4 is 26.5 Å². The molecule has 8 aromatic rings. The molecule has 6 aliphatic rings. The van der Waals surface area contributed by atoms with Crippen molar-refractivity contribution in [3.8, 4) is 22.9 Å². The van der Waals surface area contributed by atoms with E-state index in [-0.39, 0.29) is 6.71 Å². The second-order valence-electron chi connectivity index (χ2n) is 16.4. The monoisotopic (exact) mass is 725 g/mol. The highest BCUT2D eigenvalue weighted by Gasteiger charge is 2.47. The van der Waals surface area contributed by atoms with Gasteiger partial charge in [0.05, 0.1) is 34.2 Å². The van der Waals surface area contributed by atoms with Crippen LogP contribution in [0.5, 0.6) is 0 Å². The molecule has 0 amide bonds. The van der Waals surface area contributed by atoms with Crippen LogP contribution in [-0.4, -0.2) is 22.8 Å². The average Bonchev–Trinajstić information content (AvgIpc) is 3.48. The zero-order chi connectivity index (χ0) is 37.1. The first kappa shape index (κ1) is 30.2. The van der Waals surface area contributed by atoms with Crippen LogP contribution in [0.25, 0.3) is 65.9 Å². The summed E-state index contributed by atoms with van der Waals surface area (Å²) < 4.78 is 2.61. The maximum absolute atomic E-state index is 10.1. The minimum Gasteiger partial charge on any atom is -0.381 e. The highest BCUT2D eigenvalue weighted by atomic mass is 15.2. The van der Waals surface area contributed by atoms with Crippen molar-refractivity contribution < 1.29 is 0 Å². The first-order valence-corrected chi connectivity index (χ1v) is 20.2. The number of rotatable bonds is 1. The SMILES string of the molecule is N#Cc1cccc(-c2cc3c4c(c2)-n2c5c6c(cccc6c6cccc7cccc2c76)NCC=5B4c2cnc4c5c2N3c2cccc3c2C(=CCC3)C5=CCC4)c1. The van der Waals surface area contributed by atoms with Crippen LogP contribution in [0.1, 0.15) is 40.8 Å². The molecule has 0 unspecified atom stereocenters. The van der Waals surface area contributed by atoms with Crippen LogP contribution in [-0.2, 0) is 12.8 Å². The second kappa shape index (κ2) is 10.6. The number of anilines is 4. The molecule has 4 aliphatic heterocycles. The molecule has 5 nitrogen and oxygen atoms in total. The van der Waals surface area contributed by atoms with E-state index in [9.17, 15) is 5.26 Å². The second-order valence-corrected chi connectivity index (χ2v) is 16.4. The highest BCUT2D eigenvalue weighted by molar-refractivity contribution is 7.02. The number of fused-ring (bicyclic) bond motifs is 8. The first-order chi connectivity index (χ1) is 28.2. The van der Waals surface area contributed by atoms with Crippen LogP contribution in [0.2, 0.25) is 0 Å². The molecule has 264 valence electrons. The van der Waals surface area contributed by atoms with Crippen molar-refractivity contribution in [3.05, 3.63) is 161 Å².